The van der Waals surface area contributed by atoms with E-state index in [0.717, 1.165) is 11.8 Å². The zero-order valence-electron chi connectivity index (χ0n) is 14.7. The molecule has 0 aliphatic carbocycles. The maximum atomic E-state index is 12.6. The molecule has 2 atom stereocenters. The predicted molar refractivity (Wildman–Crippen MR) is 84.7 cm³/mol. The zero-order valence-corrected chi connectivity index (χ0v) is 15.5. The van der Waals surface area contributed by atoms with Crippen LogP contribution in [0.1, 0.15) is 27.7 Å². The summed E-state index contributed by atoms with van der Waals surface area (Å²) < 4.78 is 40.0. The summed E-state index contributed by atoms with van der Waals surface area (Å²) >= 11 is 0. The molecule has 0 bridgehead atoms. The highest BCUT2D eigenvalue weighted by Crippen LogP contribution is 2.38. The molecule has 0 N–H and O–H groups in total. The van der Waals surface area contributed by atoms with Crippen LogP contribution >= 0.6 is 0 Å². The molecule has 140 valence electrons. The number of hydrogen-bond acceptors (Lipinski definition) is 8. The number of β-lactam (4-membered cyclic amide) rings is 1. The van der Waals surface area contributed by atoms with Crippen molar-refractivity contribution in [1.82, 2.24) is 4.90 Å². The normalized spacial score (nSPS) is 25.2. The lowest BCUT2D eigenvalue weighted by Crippen LogP contribution is -2.70. The summed E-state index contributed by atoms with van der Waals surface area (Å²) in [7, 11) is -2.58. The Morgan fingerprint density at radius 1 is 1.28 bits per heavy atom. The fraction of sp³-hybridized carbons (Fsp3) is 0.667. The molecule has 2 aliphatic rings. The molecule has 1 amide bonds. The number of fused-ring (bicyclic) bond motifs is 1. The number of amides is 1. The van der Waals surface area contributed by atoms with Crippen molar-refractivity contribution in [1.29, 1.82) is 0 Å². The molecule has 2 rings (SSSR count). The molecule has 0 aromatic carbocycles. The number of esters is 2. The van der Waals surface area contributed by atoms with Crippen LogP contribution in [-0.2, 0) is 38.4 Å². The fourth-order valence-electron chi connectivity index (χ4n) is 2.68. The number of methoxy groups -OCH3 is 1. The molecule has 1 unspecified atom stereocenters. The topological polar surface area (TPSA) is 116 Å². The number of hydrogen-bond donors (Lipinski definition) is 0. The minimum atomic E-state index is -3.80. The van der Waals surface area contributed by atoms with Gasteiger partial charge in [-0.1, -0.05) is 0 Å². The van der Waals surface area contributed by atoms with Gasteiger partial charge in [-0.3, -0.25) is 14.5 Å². The summed E-state index contributed by atoms with van der Waals surface area (Å²) in [6.45, 7) is 5.67. The summed E-state index contributed by atoms with van der Waals surface area (Å²) in [5.74, 6) is -2.67. The summed E-state index contributed by atoms with van der Waals surface area (Å²) in [4.78, 5) is 36.8. The first-order valence-corrected chi connectivity index (χ1v) is 9.27. The van der Waals surface area contributed by atoms with Crippen LogP contribution in [0.25, 0.3) is 0 Å². The van der Waals surface area contributed by atoms with Crippen LogP contribution in [-0.4, -0.2) is 67.7 Å². The Balaban J connectivity index is 2.49. The smallest absolute Gasteiger partial charge is 0.355 e. The van der Waals surface area contributed by atoms with Gasteiger partial charge in [0.1, 0.15) is 17.9 Å². The van der Waals surface area contributed by atoms with Gasteiger partial charge < -0.3 is 14.2 Å². The van der Waals surface area contributed by atoms with Crippen molar-refractivity contribution in [2.75, 3.05) is 19.5 Å². The first-order chi connectivity index (χ1) is 11.4. The lowest BCUT2D eigenvalue weighted by molar-refractivity contribution is -0.167. The van der Waals surface area contributed by atoms with E-state index in [9.17, 15) is 22.8 Å². The summed E-state index contributed by atoms with van der Waals surface area (Å²) in [5, 5.41) is -1.28. The van der Waals surface area contributed by atoms with Crippen LogP contribution in [0.5, 0.6) is 0 Å². The van der Waals surface area contributed by atoms with Crippen LogP contribution in [0, 0.1) is 0 Å². The molecule has 1 fully saturated rings. The van der Waals surface area contributed by atoms with Crippen molar-refractivity contribution in [3.05, 3.63) is 11.3 Å². The minimum Gasteiger partial charge on any atom is -0.461 e. The number of carbonyl (C=O) groups is 3. The van der Waals surface area contributed by atoms with Crippen molar-refractivity contribution in [3.8, 4) is 0 Å². The molecule has 0 saturated carbocycles. The SMILES string of the molecule is CO[C@@H]1C(=O)N2C(C(=O)OC(C)(C)C)=C(COC(C)=O)CS(=O)(=O)C12. The third-order valence-corrected chi connectivity index (χ3v) is 5.55. The molecule has 0 spiro atoms. The third-order valence-electron chi connectivity index (χ3n) is 3.61. The molecule has 9 nitrogen and oxygen atoms in total. The second-order valence-electron chi connectivity index (χ2n) is 6.80. The van der Waals surface area contributed by atoms with E-state index in [2.05, 4.69) is 0 Å². The van der Waals surface area contributed by atoms with Crippen molar-refractivity contribution in [2.45, 2.75) is 44.8 Å². The summed E-state index contributed by atoms with van der Waals surface area (Å²) in [6, 6.07) is 0. The largest absolute Gasteiger partial charge is 0.461 e. The maximum Gasteiger partial charge on any atom is 0.355 e. The molecule has 0 aromatic rings. The molecule has 1 saturated heterocycles. The van der Waals surface area contributed by atoms with Crippen molar-refractivity contribution < 1.29 is 37.0 Å². The van der Waals surface area contributed by atoms with Crippen LogP contribution in [0.15, 0.2) is 11.3 Å². The average molecular weight is 375 g/mol. The lowest BCUT2D eigenvalue weighted by atomic mass is 10.1. The number of nitrogens with zero attached hydrogens (tertiary/aromatic N) is 1. The monoisotopic (exact) mass is 375 g/mol. The van der Waals surface area contributed by atoms with Gasteiger partial charge in [-0.15, -0.1) is 0 Å². The Labute approximate surface area is 145 Å². The third kappa shape index (κ3) is 3.69. The van der Waals surface area contributed by atoms with E-state index in [0.29, 0.717) is 0 Å². The Bertz CT molecular complexity index is 746. The Morgan fingerprint density at radius 2 is 1.88 bits per heavy atom. The zero-order chi connectivity index (χ0) is 19.2. The number of rotatable bonds is 4. The van der Waals surface area contributed by atoms with Gasteiger partial charge in [0.2, 0.25) is 0 Å². The second-order valence-corrected chi connectivity index (χ2v) is 8.89. The average Bonchev–Trinajstić information content (AvgIpc) is 2.43. The highest BCUT2D eigenvalue weighted by molar-refractivity contribution is 7.92. The highest BCUT2D eigenvalue weighted by atomic mass is 32.2. The first-order valence-electron chi connectivity index (χ1n) is 7.55. The quantitative estimate of drug-likeness (QED) is 0.488. The van der Waals surface area contributed by atoms with Gasteiger partial charge in [0.05, 0.1) is 5.75 Å². The van der Waals surface area contributed by atoms with E-state index < -0.39 is 57.1 Å². The number of carbonyl (C=O) groups excluding carboxylic acids is 3. The molecule has 0 aromatic heterocycles. The van der Waals surface area contributed by atoms with E-state index in [1.54, 1.807) is 20.8 Å². The molecule has 0 radical (unpaired) electrons. The van der Waals surface area contributed by atoms with E-state index in [1.165, 1.54) is 7.11 Å². The van der Waals surface area contributed by atoms with Gasteiger partial charge in [0.15, 0.2) is 21.3 Å². The van der Waals surface area contributed by atoms with Gasteiger partial charge in [0, 0.05) is 19.6 Å². The lowest BCUT2D eigenvalue weighted by Gasteiger charge is -2.48. The van der Waals surface area contributed by atoms with Crippen LogP contribution in [0.2, 0.25) is 0 Å². The number of ether oxygens (including phenoxy) is 3. The summed E-state index contributed by atoms with van der Waals surface area (Å²) in [5.41, 5.74) is -1.05. The predicted octanol–water partition coefficient (Wildman–Crippen LogP) is -0.243. The van der Waals surface area contributed by atoms with Gasteiger partial charge in [-0.25, -0.2) is 13.2 Å². The van der Waals surface area contributed by atoms with Gasteiger partial charge in [0.25, 0.3) is 5.91 Å². The Hall–Kier alpha value is -1.94. The first kappa shape index (κ1) is 19.4. The van der Waals surface area contributed by atoms with Gasteiger partial charge >= 0.3 is 11.9 Å². The standard InChI is InChI=1S/C15H21NO8S/c1-8(17)23-6-9-7-25(20,21)13-11(22-5)12(18)16(13)10(9)14(19)24-15(2,3)4/h11,13H,6-7H2,1-5H3/t11-,13?/m1/s1. The van der Waals surface area contributed by atoms with E-state index >= 15 is 0 Å². The fourth-order valence-corrected chi connectivity index (χ4v) is 4.69. The molecular formula is C15H21NO8S. The molecule has 25 heavy (non-hydrogen) atoms. The van der Waals surface area contributed by atoms with E-state index in [1.807, 2.05) is 0 Å². The van der Waals surface area contributed by atoms with E-state index in [4.69, 9.17) is 14.2 Å². The van der Waals surface area contributed by atoms with E-state index in [-0.39, 0.29) is 11.3 Å². The minimum absolute atomic E-state index is 0.00334. The molecular weight excluding hydrogens is 354 g/mol. The summed E-state index contributed by atoms with van der Waals surface area (Å²) in [6.07, 6.45) is -1.17. The molecule has 2 aliphatic heterocycles. The van der Waals surface area contributed by atoms with Gasteiger partial charge in [-0.2, -0.15) is 0 Å². The Morgan fingerprint density at radius 3 is 2.36 bits per heavy atom. The number of sulfone groups is 1. The van der Waals surface area contributed by atoms with Crippen molar-refractivity contribution >= 4 is 27.7 Å². The molecule has 10 heteroatoms. The van der Waals surface area contributed by atoms with Crippen molar-refractivity contribution in [2.24, 2.45) is 0 Å². The second kappa shape index (κ2) is 6.41. The molecule has 2 heterocycles. The van der Waals surface area contributed by atoms with Crippen molar-refractivity contribution in [3.63, 3.8) is 0 Å². The highest BCUT2D eigenvalue weighted by Gasteiger charge is 2.60. The van der Waals surface area contributed by atoms with Crippen LogP contribution in [0.3, 0.4) is 0 Å². The maximum absolute atomic E-state index is 12.6. The Kier molecular flexibility index (Phi) is 4.97. The van der Waals surface area contributed by atoms with Crippen LogP contribution < -0.4 is 0 Å². The van der Waals surface area contributed by atoms with Crippen LogP contribution in [0.4, 0.5) is 0 Å². The van der Waals surface area contributed by atoms with Gasteiger partial charge in [-0.05, 0) is 20.8 Å².